The van der Waals surface area contributed by atoms with Crippen molar-refractivity contribution in [3.63, 3.8) is 0 Å². The Labute approximate surface area is 179 Å². The van der Waals surface area contributed by atoms with Crippen LogP contribution in [0.4, 0.5) is 0 Å². The lowest BCUT2D eigenvalue weighted by atomic mass is 9.91. The molecule has 1 aromatic carbocycles. The molecule has 1 aliphatic carbocycles. The Bertz CT molecular complexity index is 873. The number of piperidine rings is 1. The van der Waals surface area contributed by atoms with Gasteiger partial charge < -0.3 is 4.74 Å². The lowest BCUT2D eigenvalue weighted by Crippen LogP contribution is -2.35. The van der Waals surface area contributed by atoms with E-state index in [-0.39, 0.29) is 0 Å². The van der Waals surface area contributed by atoms with Crippen LogP contribution in [0.25, 0.3) is 0 Å². The third kappa shape index (κ3) is 4.98. The number of methoxy groups -OCH3 is 1. The third-order valence-corrected chi connectivity index (χ3v) is 6.68. The maximum Gasteiger partial charge on any atom is 0.199 e. The summed E-state index contributed by atoms with van der Waals surface area (Å²) in [7, 11) is 1.71. The monoisotopic (exact) mass is 412 g/mol. The van der Waals surface area contributed by atoms with Crippen LogP contribution in [0.5, 0.6) is 5.75 Å². The van der Waals surface area contributed by atoms with Gasteiger partial charge in [0, 0.05) is 25.6 Å². The van der Waals surface area contributed by atoms with Crippen LogP contribution < -0.4 is 4.74 Å². The van der Waals surface area contributed by atoms with Gasteiger partial charge in [0.15, 0.2) is 4.77 Å². The number of aryl methyl sites for hydroxylation is 1. The van der Waals surface area contributed by atoms with E-state index in [1.54, 1.807) is 7.11 Å². The van der Waals surface area contributed by atoms with Gasteiger partial charge in [-0.25, -0.2) is 4.68 Å². The van der Waals surface area contributed by atoms with Crippen molar-refractivity contribution in [1.29, 1.82) is 0 Å². The van der Waals surface area contributed by atoms with Crippen LogP contribution in [0.1, 0.15) is 49.4 Å². The van der Waals surface area contributed by atoms with Gasteiger partial charge in [-0.05, 0) is 74.4 Å². The molecule has 5 nitrogen and oxygen atoms in total. The average molecular weight is 413 g/mol. The van der Waals surface area contributed by atoms with E-state index in [0.717, 1.165) is 55.0 Å². The summed E-state index contributed by atoms with van der Waals surface area (Å²) in [4.78, 5) is 2.50. The predicted molar refractivity (Wildman–Crippen MR) is 119 cm³/mol. The molecule has 2 fully saturated rings. The Morgan fingerprint density at radius 1 is 1.17 bits per heavy atom. The maximum absolute atomic E-state index is 5.71. The molecule has 2 aliphatic rings. The van der Waals surface area contributed by atoms with Crippen LogP contribution in [0.3, 0.4) is 0 Å². The van der Waals surface area contributed by atoms with Crippen LogP contribution in [0.15, 0.2) is 36.9 Å². The molecule has 2 heterocycles. The molecule has 0 N–H and O–H groups in total. The number of nitrogens with zero attached hydrogens (tertiary/aromatic N) is 4. The Morgan fingerprint density at radius 2 is 1.90 bits per heavy atom. The first-order chi connectivity index (χ1) is 14.2. The minimum atomic E-state index is 0.599. The topological polar surface area (TPSA) is 35.2 Å². The molecule has 1 saturated heterocycles. The summed E-state index contributed by atoms with van der Waals surface area (Å²) >= 11 is 5.71. The molecular formula is C23H32N4OS. The summed E-state index contributed by atoms with van der Waals surface area (Å²) in [6.45, 7) is 7.71. The van der Waals surface area contributed by atoms with Crippen LogP contribution >= 0.6 is 12.2 Å². The fraction of sp³-hybridized carbons (Fsp3) is 0.565. The van der Waals surface area contributed by atoms with Crippen LogP contribution in [0.2, 0.25) is 0 Å². The summed E-state index contributed by atoms with van der Waals surface area (Å²) in [5.74, 6) is 3.49. The number of aromatic nitrogens is 3. The molecule has 1 saturated carbocycles. The van der Waals surface area contributed by atoms with Crippen molar-refractivity contribution >= 4 is 12.2 Å². The van der Waals surface area contributed by atoms with Crippen molar-refractivity contribution in [1.82, 2.24) is 19.2 Å². The minimum absolute atomic E-state index is 0.599. The summed E-state index contributed by atoms with van der Waals surface area (Å²) in [6.07, 6.45) is 9.32. The number of hydrogen-bond donors (Lipinski definition) is 0. The molecule has 2 aromatic rings. The predicted octanol–water partition coefficient (Wildman–Crippen LogP) is 4.79. The molecule has 156 valence electrons. The third-order valence-electron chi connectivity index (χ3n) is 6.25. The van der Waals surface area contributed by atoms with Crippen LogP contribution in [-0.4, -0.2) is 39.4 Å². The zero-order valence-electron chi connectivity index (χ0n) is 17.4. The summed E-state index contributed by atoms with van der Waals surface area (Å²) in [6, 6.07) is 8.49. The molecule has 0 amide bonds. The van der Waals surface area contributed by atoms with Crippen molar-refractivity contribution in [3.05, 3.63) is 53.1 Å². The fourth-order valence-corrected chi connectivity index (χ4v) is 4.53. The molecule has 0 atom stereocenters. The average Bonchev–Trinajstić information content (AvgIpc) is 3.55. The minimum Gasteiger partial charge on any atom is -0.497 e. The molecule has 0 unspecified atom stereocenters. The number of likely N-dealkylation sites (tertiary alicyclic amines) is 1. The zero-order valence-corrected chi connectivity index (χ0v) is 18.2. The van der Waals surface area contributed by atoms with E-state index in [1.165, 1.54) is 37.7 Å². The van der Waals surface area contributed by atoms with Crippen molar-refractivity contribution in [2.45, 2.75) is 57.7 Å². The number of hydrogen-bond acceptors (Lipinski definition) is 4. The van der Waals surface area contributed by atoms with Crippen LogP contribution in [0, 0.1) is 10.7 Å². The van der Waals surface area contributed by atoms with Crippen molar-refractivity contribution in [3.8, 4) is 5.75 Å². The molecule has 4 rings (SSSR count). The first-order valence-corrected chi connectivity index (χ1v) is 11.2. The van der Waals surface area contributed by atoms with E-state index in [1.807, 2.05) is 10.8 Å². The van der Waals surface area contributed by atoms with E-state index in [0.29, 0.717) is 5.92 Å². The second-order valence-corrected chi connectivity index (χ2v) is 8.77. The molecule has 1 aromatic heterocycles. The molecule has 29 heavy (non-hydrogen) atoms. The lowest BCUT2D eigenvalue weighted by molar-refractivity contribution is 0.136. The van der Waals surface area contributed by atoms with Crippen molar-refractivity contribution < 1.29 is 4.74 Å². The van der Waals surface area contributed by atoms with Gasteiger partial charge in [-0.3, -0.25) is 9.47 Å². The number of allylic oxidation sites excluding steroid dienone is 1. The number of rotatable bonds is 9. The summed E-state index contributed by atoms with van der Waals surface area (Å²) in [5, 5.41) is 4.87. The van der Waals surface area contributed by atoms with Gasteiger partial charge in [0.25, 0.3) is 0 Å². The van der Waals surface area contributed by atoms with Crippen molar-refractivity contribution in [2.24, 2.45) is 5.92 Å². The van der Waals surface area contributed by atoms with E-state index < -0.39 is 0 Å². The van der Waals surface area contributed by atoms with Gasteiger partial charge in [-0.2, -0.15) is 5.10 Å². The highest BCUT2D eigenvalue weighted by molar-refractivity contribution is 7.71. The van der Waals surface area contributed by atoms with E-state index in [9.17, 15) is 0 Å². The molecule has 6 heteroatoms. The maximum atomic E-state index is 5.71. The zero-order chi connectivity index (χ0) is 20.2. The van der Waals surface area contributed by atoms with Gasteiger partial charge in [-0.15, -0.1) is 6.58 Å². The molecule has 1 aliphatic heterocycles. The first kappa shape index (κ1) is 20.4. The highest BCUT2D eigenvalue weighted by Crippen LogP contribution is 2.39. The quantitative estimate of drug-likeness (QED) is 0.438. The second kappa shape index (κ2) is 9.26. The number of benzene rings is 1. The van der Waals surface area contributed by atoms with E-state index >= 15 is 0 Å². The highest BCUT2D eigenvalue weighted by Gasteiger charge is 2.30. The number of ether oxygens (including phenoxy) is 1. The summed E-state index contributed by atoms with van der Waals surface area (Å²) in [5.41, 5.74) is 1.40. The Hall–Kier alpha value is -1.92. The SMILES string of the molecule is C=CCn1c(C2CC2)nn(CN2CCC(CCc3ccc(OC)cc3)CC2)c1=S. The molecule has 0 radical (unpaired) electrons. The largest absolute Gasteiger partial charge is 0.497 e. The molecule has 0 spiro atoms. The summed E-state index contributed by atoms with van der Waals surface area (Å²) < 4.78 is 10.3. The van der Waals surface area contributed by atoms with Crippen LogP contribution in [-0.2, 0) is 19.6 Å². The second-order valence-electron chi connectivity index (χ2n) is 8.40. The normalized spacial score (nSPS) is 18.1. The van der Waals surface area contributed by atoms with Crippen molar-refractivity contribution in [2.75, 3.05) is 20.2 Å². The lowest BCUT2D eigenvalue weighted by Gasteiger charge is -2.31. The Balaban J connectivity index is 1.28. The molecular weight excluding hydrogens is 380 g/mol. The van der Waals surface area contributed by atoms with E-state index in [4.69, 9.17) is 22.1 Å². The standard InChI is InChI=1S/C23H32N4OS/c1-3-14-26-22(20-8-9-20)24-27(23(26)29)17-25-15-12-19(13-16-25)5-4-18-6-10-21(28-2)11-7-18/h3,6-7,10-11,19-20H,1,4-5,8-9,12-17H2,2H3. The van der Waals surface area contributed by atoms with Gasteiger partial charge in [0.05, 0.1) is 13.8 Å². The van der Waals surface area contributed by atoms with E-state index in [2.05, 4.69) is 40.3 Å². The first-order valence-electron chi connectivity index (χ1n) is 10.8. The smallest absolute Gasteiger partial charge is 0.199 e. The highest BCUT2D eigenvalue weighted by atomic mass is 32.1. The van der Waals surface area contributed by atoms with Gasteiger partial charge in [-0.1, -0.05) is 18.2 Å². The molecule has 0 bridgehead atoms. The van der Waals surface area contributed by atoms with Gasteiger partial charge in [0.1, 0.15) is 11.6 Å². The fourth-order valence-electron chi connectivity index (χ4n) is 4.26. The van der Waals surface area contributed by atoms with Gasteiger partial charge >= 0.3 is 0 Å². The Kier molecular flexibility index (Phi) is 6.50. The Morgan fingerprint density at radius 3 is 2.52 bits per heavy atom. The van der Waals surface area contributed by atoms with Gasteiger partial charge in [0.2, 0.25) is 0 Å².